The Morgan fingerprint density at radius 3 is 2.02 bits per heavy atom. The molecule has 4 saturated carbocycles. The van der Waals surface area contributed by atoms with Gasteiger partial charge in [0.1, 0.15) is 11.3 Å². The number of rotatable bonds is 5. The van der Waals surface area contributed by atoms with Crippen LogP contribution in [0.2, 0.25) is 0 Å². The van der Waals surface area contributed by atoms with Gasteiger partial charge in [0.25, 0.3) is 11.8 Å². The van der Waals surface area contributed by atoms with E-state index in [1.807, 2.05) is 19.9 Å². The molecule has 1 N–H and O–H groups in total. The third-order valence-corrected chi connectivity index (χ3v) is 9.98. The number of carbonyl (C=O) groups is 3. The summed E-state index contributed by atoms with van der Waals surface area (Å²) in [6, 6.07) is 16.9. The van der Waals surface area contributed by atoms with E-state index in [4.69, 9.17) is 4.74 Å². The van der Waals surface area contributed by atoms with Crippen LogP contribution in [0.3, 0.4) is 0 Å². The fraction of sp³-hybridized carbons (Fsp3) is 0.382. The Labute approximate surface area is 240 Å². The molecule has 7 heteroatoms. The number of imide groups is 2. The van der Waals surface area contributed by atoms with Gasteiger partial charge in [-0.2, -0.15) is 0 Å². The first-order valence-corrected chi connectivity index (χ1v) is 14.6. The lowest BCUT2D eigenvalue weighted by Gasteiger charge is -2.57. The molecular weight excluding hydrogens is 514 g/mol. The average Bonchev–Trinajstić information content (AvgIpc) is 3.22. The molecule has 0 atom stereocenters. The number of amides is 4. The molecule has 7 nitrogen and oxygen atoms in total. The van der Waals surface area contributed by atoms with Gasteiger partial charge in [0.15, 0.2) is 0 Å². The van der Waals surface area contributed by atoms with Crippen LogP contribution in [0, 0.1) is 31.6 Å². The van der Waals surface area contributed by atoms with Crippen molar-refractivity contribution in [2.75, 3.05) is 12.0 Å². The van der Waals surface area contributed by atoms with E-state index in [2.05, 4.69) is 34.1 Å². The summed E-state index contributed by atoms with van der Waals surface area (Å²) in [7, 11) is 1.54. The second kappa shape index (κ2) is 9.47. The van der Waals surface area contributed by atoms with E-state index in [1.165, 1.54) is 44.1 Å². The van der Waals surface area contributed by atoms with Crippen molar-refractivity contribution in [2.45, 2.75) is 57.8 Å². The maximum Gasteiger partial charge on any atom is 0.335 e. The lowest BCUT2D eigenvalue weighted by atomic mass is 9.48. The van der Waals surface area contributed by atoms with Crippen molar-refractivity contribution in [3.05, 3.63) is 82.7 Å². The van der Waals surface area contributed by atoms with E-state index < -0.39 is 17.8 Å². The third kappa shape index (κ3) is 4.21. The Kier molecular flexibility index (Phi) is 5.96. The van der Waals surface area contributed by atoms with Crippen molar-refractivity contribution in [1.29, 1.82) is 0 Å². The Bertz CT molecular complexity index is 1560. The highest BCUT2D eigenvalue weighted by Crippen LogP contribution is 2.60. The van der Waals surface area contributed by atoms with Crippen molar-refractivity contribution in [3.63, 3.8) is 0 Å². The van der Waals surface area contributed by atoms with Crippen LogP contribution in [-0.4, -0.2) is 29.5 Å². The first kappa shape index (κ1) is 25.8. The van der Waals surface area contributed by atoms with Crippen LogP contribution in [-0.2, 0) is 15.0 Å². The smallest absolute Gasteiger partial charge is 0.335 e. The Morgan fingerprint density at radius 1 is 0.854 bits per heavy atom. The second-order valence-corrected chi connectivity index (χ2v) is 12.6. The normalized spacial score (nSPS) is 28.0. The minimum atomic E-state index is -0.771. The monoisotopic (exact) mass is 549 g/mol. The highest BCUT2D eigenvalue weighted by atomic mass is 16.5. The number of hydrogen-bond acceptors (Lipinski definition) is 4. The van der Waals surface area contributed by atoms with Crippen molar-refractivity contribution in [2.24, 2.45) is 17.8 Å². The lowest BCUT2D eigenvalue weighted by molar-refractivity contribution is -0.122. The number of nitrogens with zero attached hydrogens (tertiary/aromatic N) is 2. The summed E-state index contributed by atoms with van der Waals surface area (Å²) in [4.78, 5) is 39.8. The fourth-order valence-electron chi connectivity index (χ4n) is 8.54. The van der Waals surface area contributed by atoms with E-state index in [0.29, 0.717) is 16.9 Å². The molecule has 1 aromatic heterocycles. The van der Waals surface area contributed by atoms with Gasteiger partial charge in [-0.1, -0.05) is 12.1 Å². The number of methoxy groups -OCH3 is 1. The van der Waals surface area contributed by atoms with Crippen molar-refractivity contribution in [3.8, 4) is 11.4 Å². The van der Waals surface area contributed by atoms with Crippen molar-refractivity contribution < 1.29 is 19.1 Å². The summed E-state index contributed by atoms with van der Waals surface area (Å²) in [5.74, 6) is 1.95. The number of hydrogen-bond donors (Lipinski definition) is 1. The zero-order chi connectivity index (χ0) is 28.5. The highest BCUT2D eigenvalue weighted by Gasteiger charge is 2.51. The third-order valence-electron chi connectivity index (χ3n) is 9.98. The maximum atomic E-state index is 13.4. The summed E-state index contributed by atoms with van der Waals surface area (Å²) in [5.41, 5.74) is 5.86. The molecule has 0 radical (unpaired) electrons. The molecule has 210 valence electrons. The number of aryl methyl sites for hydroxylation is 1. The number of aromatic nitrogens is 1. The fourth-order valence-corrected chi connectivity index (χ4v) is 8.54. The number of nitrogens with one attached hydrogen (secondary N) is 1. The topological polar surface area (TPSA) is 80.6 Å². The van der Waals surface area contributed by atoms with Gasteiger partial charge >= 0.3 is 6.03 Å². The molecule has 2 heterocycles. The number of anilines is 1. The molecule has 1 aliphatic heterocycles. The first-order chi connectivity index (χ1) is 19.7. The predicted molar refractivity (Wildman–Crippen MR) is 157 cm³/mol. The molecular formula is C34H35N3O4. The minimum Gasteiger partial charge on any atom is -0.497 e. The van der Waals surface area contributed by atoms with Gasteiger partial charge in [-0.05, 0) is 135 Å². The number of ether oxygens (including phenoxy) is 1. The van der Waals surface area contributed by atoms with Crippen LogP contribution in [0.15, 0.2) is 60.2 Å². The molecule has 0 spiro atoms. The van der Waals surface area contributed by atoms with Gasteiger partial charge in [-0.3, -0.25) is 14.9 Å². The van der Waals surface area contributed by atoms with Crippen LogP contribution >= 0.6 is 0 Å². The zero-order valence-corrected chi connectivity index (χ0v) is 23.8. The van der Waals surface area contributed by atoms with E-state index in [9.17, 15) is 14.4 Å². The molecule has 4 amide bonds. The minimum absolute atomic E-state index is 0.0853. The van der Waals surface area contributed by atoms with Crippen molar-refractivity contribution >= 4 is 29.6 Å². The molecule has 5 fully saturated rings. The van der Waals surface area contributed by atoms with E-state index >= 15 is 0 Å². The predicted octanol–water partition coefficient (Wildman–Crippen LogP) is 6.24. The molecule has 2 aromatic carbocycles. The highest BCUT2D eigenvalue weighted by molar-refractivity contribution is 6.39. The van der Waals surface area contributed by atoms with Crippen LogP contribution in [0.1, 0.15) is 61.0 Å². The summed E-state index contributed by atoms with van der Waals surface area (Å²) in [6.45, 7) is 4.02. The Balaban J connectivity index is 1.18. The molecule has 4 bridgehead atoms. The van der Waals surface area contributed by atoms with Gasteiger partial charge in [-0.25, -0.2) is 9.69 Å². The summed E-state index contributed by atoms with van der Waals surface area (Å²) in [5, 5.41) is 2.31. The van der Waals surface area contributed by atoms with Crippen LogP contribution in [0.5, 0.6) is 5.75 Å². The average molecular weight is 550 g/mol. The van der Waals surface area contributed by atoms with Crippen LogP contribution in [0.25, 0.3) is 11.8 Å². The molecule has 41 heavy (non-hydrogen) atoms. The quantitative estimate of drug-likeness (QED) is 0.302. The van der Waals surface area contributed by atoms with Crippen LogP contribution in [0.4, 0.5) is 10.5 Å². The number of carbonyl (C=O) groups excluding carboxylic acids is 3. The van der Waals surface area contributed by atoms with Gasteiger partial charge in [-0.15, -0.1) is 0 Å². The zero-order valence-electron chi connectivity index (χ0n) is 23.8. The molecule has 5 aliphatic rings. The molecule has 1 saturated heterocycles. The summed E-state index contributed by atoms with van der Waals surface area (Å²) >= 11 is 0. The molecule has 3 aromatic rings. The second-order valence-electron chi connectivity index (χ2n) is 12.6. The maximum absolute atomic E-state index is 13.4. The van der Waals surface area contributed by atoms with E-state index in [-0.39, 0.29) is 5.57 Å². The SMILES string of the molecule is COc1ccc(N2C(=O)NC(=O)/C(=C\c3cc(C)n(-c4ccc(C56CC7CC(CC(C7)C5)C6)cc4)c3C)C2=O)cc1. The van der Waals surface area contributed by atoms with Gasteiger partial charge in [0, 0.05) is 17.1 Å². The Morgan fingerprint density at radius 2 is 1.44 bits per heavy atom. The summed E-state index contributed by atoms with van der Waals surface area (Å²) in [6.07, 6.45) is 9.90. The largest absolute Gasteiger partial charge is 0.497 e. The molecule has 0 unspecified atom stereocenters. The van der Waals surface area contributed by atoms with Gasteiger partial charge < -0.3 is 9.30 Å². The summed E-state index contributed by atoms with van der Waals surface area (Å²) < 4.78 is 7.34. The molecule has 8 rings (SSSR count). The standard InChI is InChI=1S/C34H35N3O4/c1-20-12-25(16-30-31(38)35-33(40)37(32(30)39)28-8-10-29(41-3)11-9-28)21(2)36(20)27-6-4-26(5-7-27)34-17-22-13-23(18-34)15-24(14-22)19-34/h4-12,16,22-24H,13-15,17-19H2,1-3H3,(H,35,38,40)/b30-16+. The van der Waals surface area contributed by atoms with Crippen molar-refractivity contribution in [1.82, 2.24) is 9.88 Å². The van der Waals surface area contributed by atoms with E-state index in [0.717, 1.165) is 45.3 Å². The number of urea groups is 1. The van der Waals surface area contributed by atoms with Gasteiger partial charge in [0.05, 0.1) is 12.8 Å². The molecule has 4 aliphatic carbocycles. The lowest BCUT2D eigenvalue weighted by Crippen LogP contribution is -2.54. The number of barbiturate groups is 1. The van der Waals surface area contributed by atoms with Gasteiger partial charge in [0.2, 0.25) is 0 Å². The first-order valence-electron chi connectivity index (χ1n) is 14.6. The van der Waals surface area contributed by atoms with Crippen LogP contribution < -0.4 is 15.0 Å². The van der Waals surface area contributed by atoms with E-state index in [1.54, 1.807) is 37.5 Å². The number of benzene rings is 2. The Hall–Kier alpha value is -4.13.